The molecule has 2 aromatic rings. The minimum atomic E-state index is -3.94. The van der Waals surface area contributed by atoms with Gasteiger partial charge in [-0.2, -0.15) is 4.72 Å². The molecule has 2 amide bonds. The summed E-state index contributed by atoms with van der Waals surface area (Å²) < 4.78 is 28.0. The average Bonchev–Trinajstić information content (AvgIpc) is 2.63. The van der Waals surface area contributed by atoms with Crippen LogP contribution in [0, 0.1) is 0 Å². The van der Waals surface area contributed by atoms with Crippen molar-refractivity contribution >= 4 is 32.6 Å². The topological polar surface area (TPSA) is 104 Å². The molecule has 25 heavy (non-hydrogen) atoms. The maximum absolute atomic E-state index is 12.8. The lowest BCUT2D eigenvalue weighted by atomic mass is 10.1. The fourth-order valence-electron chi connectivity index (χ4n) is 2.50. The van der Waals surface area contributed by atoms with Crippen LogP contribution < -0.4 is 15.4 Å². The van der Waals surface area contributed by atoms with Gasteiger partial charge in [0.2, 0.25) is 21.8 Å². The second-order valence-corrected chi connectivity index (χ2v) is 7.16. The molecule has 8 heteroatoms. The lowest BCUT2D eigenvalue weighted by Gasteiger charge is -2.18. The quantitative estimate of drug-likeness (QED) is 0.675. The highest BCUT2D eigenvalue weighted by Crippen LogP contribution is 2.23. The molecule has 0 heterocycles. The van der Waals surface area contributed by atoms with Crippen molar-refractivity contribution in [1.29, 1.82) is 0 Å². The summed E-state index contributed by atoms with van der Waals surface area (Å²) >= 11 is 0. The van der Waals surface area contributed by atoms with Crippen LogP contribution in [-0.2, 0) is 19.6 Å². The largest absolute Gasteiger partial charge is 0.359 e. The second-order valence-electron chi connectivity index (χ2n) is 5.48. The normalized spacial score (nSPS) is 12.6. The fraction of sp³-hybridized carbons (Fsp3) is 0.294. The maximum Gasteiger partial charge on any atom is 0.241 e. The van der Waals surface area contributed by atoms with Gasteiger partial charge in [-0.15, -0.1) is 0 Å². The van der Waals surface area contributed by atoms with E-state index in [4.69, 9.17) is 0 Å². The summed E-state index contributed by atoms with van der Waals surface area (Å²) in [5, 5.41) is 6.22. The SMILES string of the molecule is CNC(=O)CCC(NS(=O)(=O)c1cccc2ccccc12)C(=O)NC. The Balaban J connectivity index is 2.32. The molecule has 1 unspecified atom stereocenters. The second kappa shape index (κ2) is 8.09. The molecule has 0 aromatic heterocycles. The summed E-state index contributed by atoms with van der Waals surface area (Å²) in [4.78, 5) is 23.5. The molecule has 7 nitrogen and oxygen atoms in total. The highest BCUT2D eigenvalue weighted by atomic mass is 32.2. The number of sulfonamides is 1. The Bertz CT molecular complexity index is 875. The number of amides is 2. The van der Waals surface area contributed by atoms with Crippen molar-refractivity contribution in [1.82, 2.24) is 15.4 Å². The molecule has 0 aliphatic heterocycles. The van der Waals surface area contributed by atoms with E-state index in [0.29, 0.717) is 5.39 Å². The zero-order chi connectivity index (χ0) is 18.4. The van der Waals surface area contributed by atoms with Gasteiger partial charge in [0.25, 0.3) is 0 Å². The van der Waals surface area contributed by atoms with E-state index in [1.54, 1.807) is 18.2 Å². The smallest absolute Gasteiger partial charge is 0.241 e. The molecule has 1 atom stereocenters. The van der Waals surface area contributed by atoms with Gasteiger partial charge in [0.1, 0.15) is 6.04 Å². The zero-order valence-corrected chi connectivity index (χ0v) is 14.9. The Labute approximate surface area is 146 Å². The molecule has 2 aromatic carbocycles. The molecule has 3 N–H and O–H groups in total. The molecule has 0 fully saturated rings. The minimum Gasteiger partial charge on any atom is -0.359 e. The van der Waals surface area contributed by atoms with E-state index >= 15 is 0 Å². The van der Waals surface area contributed by atoms with Crippen LogP contribution in [0.4, 0.5) is 0 Å². The molecule has 2 rings (SSSR count). The molecule has 0 saturated heterocycles. The highest BCUT2D eigenvalue weighted by Gasteiger charge is 2.26. The third-order valence-electron chi connectivity index (χ3n) is 3.84. The van der Waals surface area contributed by atoms with E-state index in [1.165, 1.54) is 20.2 Å². The van der Waals surface area contributed by atoms with Crippen molar-refractivity contribution in [3.05, 3.63) is 42.5 Å². The Hall–Kier alpha value is -2.45. The van der Waals surface area contributed by atoms with Gasteiger partial charge in [-0.1, -0.05) is 36.4 Å². The van der Waals surface area contributed by atoms with Crippen LogP contribution in [0.3, 0.4) is 0 Å². The number of benzene rings is 2. The summed E-state index contributed by atoms with van der Waals surface area (Å²) in [6.07, 6.45) is 0.0932. The summed E-state index contributed by atoms with van der Waals surface area (Å²) in [5.41, 5.74) is 0. The van der Waals surface area contributed by atoms with Gasteiger partial charge in [0.15, 0.2) is 0 Å². The number of likely N-dealkylation sites (N-methyl/N-ethyl adjacent to an activating group) is 1. The van der Waals surface area contributed by atoms with E-state index in [9.17, 15) is 18.0 Å². The Morgan fingerprint density at radius 3 is 2.36 bits per heavy atom. The van der Waals surface area contributed by atoms with Crippen molar-refractivity contribution < 1.29 is 18.0 Å². The number of nitrogens with one attached hydrogen (secondary N) is 3. The summed E-state index contributed by atoms with van der Waals surface area (Å²) in [5.74, 6) is -0.758. The van der Waals surface area contributed by atoms with Crippen molar-refractivity contribution in [2.24, 2.45) is 0 Å². The monoisotopic (exact) mass is 363 g/mol. The first kappa shape index (κ1) is 18.9. The van der Waals surface area contributed by atoms with Gasteiger partial charge in [0, 0.05) is 25.9 Å². The molecule has 0 bridgehead atoms. The number of carbonyl (C=O) groups is 2. The first-order valence-corrected chi connectivity index (χ1v) is 9.29. The summed E-state index contributed by atoms with van der Waals surface area (Å²) in [7, 11) is -1.04. The van der Waals surface area contributed by atoms with Crippen LogP contribution in [-0.4, -0.2) is 40.4 Å². The van der Waals surface area contributed by atoms with Crippen LogP contribution in [0.2, 0.25) is 0 Å². The van der Waals surface area contributed by atoms with Gasteiger partial charge in [-0.25, -0.2) is 8.42 Å². The number of hydrogen-bond donors (Lipinski definition) is 3. The molecular weight excluding hydrogens is 342 g/mol. The molecule has 134 valence electrons. The predicted molar refractivity (Wildman–Crippen MR) is 95.4 cm³/mol. The van der Waals surface area contributed by atoms with E-state index < -0.39 is 22.0 Å². The third kappa shape index (κ3) is 4.55. The summed E-state index contributed by atoms with van der Waals surface area (Å²) in [6.45, 7) is 0. The maximum atomic E-state index is 12.8. The van der Waals surface area contributed by atoms with Crippen LogP contribution >= 0.6 is 0 Å². The Kier molecular flexibility index (Phi) is 6.11. The first-order valence-electron chi connectivity index (χ1n) is 7.81. The fourth-order valence-corrected chi connectivity index (χ4v) is 3.96. The van der Waals surface area contributed by atoms with Gasteiger partial charge in [-0.05, 0) is 17.9 Å². The van der Waals surface area contributed by atoms with Crippen molar-refractivity contribution in [3.8, 4) is 0 Å². The molecular formula is C17H21N3O4S. The molecule has 0 saturated carbocycles. The van der Waals surface area contributed by atoms with Crippen LogP contribution in [0.15, 0.2) is 47.4 Å². The molecule has 0 aliphatic rings. The predicted octanol–water partition coefficient (Wildman–Crippen LogP) is 0.759. The molecule has 0 aliphatic carbocycles. The highest BCUT2D eigenvalue weighted by molar-refractivity contribution is 7.89. The standard InChI is InChI=1S/C17H21N3O4S/c1-18-16(21)11-10-14(17(22)19-2)20-25(23,24)15-9-5-7-12-6-3-4-8-13(12)15/h3-9,14,20H,10-11H2,1-2H3,(H,18,21)(H,19,22). The number of fused-ring (bicyclic) bond motifs is 1. The average molecular weight is 363 g/mol. The minimum absolute atomic E-state index is 0.0344. The first-order chi connectivity index (χ1) is 11.9. The van der Waals surface area contributed by atoms with Crippen molar-refractivity contribution in [3.63, 3.8) is 0 Å². The van der Waals surface area contributed by atoms with Gasteiger partial charge < -0.3 is 10.6 Å². The Morgan fingerprint density at radius 2 is 1.68 bits per heavy atom. The molecule has 0 spiro atoms. The van der Waals surface area contributed by atoms with Gasteiger partial charge in [-0.3, -0.25) is 9.59 Å². The number of rotatable bonds is 7. The van der Waals surface area contributed by atoms with Gasteiger partial charge in [0.05, 0.1) is 4.90 Å². The zero-order valence-electron chi connectivity index (χ0n) is 14.1. The van der Waals surface area contributed by atoms with E-state index in [0.717, 1.165) is 5.39 Å². The van der Waals surface area contributed by atoms with Crippen LogP contribution in [0.25, 0.3) is 10.8 Å². The lowest BCUT2D eigenvalue weighted by molar-refractivity contribution is -0.123. The summed E-state index contributed by atoms with van der Waals surface area (Å²) in [6, 6.07) is 11.0. The van der Waals surface area contributed by atoms with Gasteiger partial charge >= 0.3 is 0 Å². The number of carbonyl (C=O) groups excluding carboxylic acids is 2. The van der Waals surface area contributed by atoms with Crippen LogP contribution in [0.5, 0.6) is 0 Å². The van der Waals surface area contributed by atoms with E-state index in [1.807, 2.05) is 18.2 Å². The van der Waals surface area contributed by atoms with E-state index in [-0.39, 0.29) is 23.6 Å². The Morgan fingerprint density at radius 1 is 1.00 bits per heavy atom. The molecule has 0 radical (unpaired) electrons. The van der Waals surface area contributed by atoms with E-state index in [2.05, 4.69) is 15.4 Å². The third-order valence-corrected chi connectivity index (χ3v) is 5.37. The number of hydrogen-bond acceptors (Lipinski definition) is 4. The van der Waals surface area contributed by atoms with Crippen molar-refractivity contribution in [2.75, 3.05) is 14.1 Å². The van der Waals surface area contributed by atoms with Crippen molar-refractivity contribution in [2.45, 2.75) is 23.8 Å². The lowest BCUT2D eigenvalue weighted by Crippen LogP contribution is -2.46. The van der Waals surface area contributed by atoms with Crippen LogP contribution in [0.1, 0.15) is 12.8 Å².